The van der Waals surface area contributed by atoms with Gasteiger partial charge in [0.25, 0.3) is 0 Å². The maximum atomic E-state index is 4.30. The Kier molecular flexibility index (Phi) is 12.7. The molecule has 0 spiro atoms. The average Bonchev–Trinajstić information content (AvgIpc) is 3.10. The Bertz CT molecular complexity index is 585. The molecule has 0 amide bonds. The molecule has 3 unspecified atom stereocenters. The van der Waals surface area contributed by atoms with Crippen molar-refractivity contribution >= 4 is 0 Å². The molecular weight excluding hydrogens is 360 g/mol. The Balaban J connectivity index is 0.00000106. The highest BCUT2D eigenvalue weighted by Gasteiger charge is 2.48. The molecule has 0 aromatic carbocycles. The molecule has 0 heteroatoms. The van der Waals surface area contributed by atoms with Crippen molar-refractivity contribution in [3.8, 4) is 0 Å². The molecule has 3 rings (SSSR count). The fourth-order valence-corrected chi connectivity index (χ4v) is 5.76. The van der Waals surface area contributed by atoms with E-state index in [0.717, 1.165) is 17.8 Å². The van der Waals surface area contributed by atoms with Crippen LogP contribution >= 0.6 is 0 Å². The van der Waals surface area contributed by atoms with Crippen LogP contribution in [0.4, 0.5) is 0 Å². The van der Waals surface area contributed by atoms with E-state index in [9.17, 15) is 0 Å². The maximum Gasteiger partial charge on any atom is -0.0143 e. The standard InChI is InChI=1S/C26H40.2C2H6/c1-20(2)10-5-8-14-24-17-18-25-23(13-9-19-26(24,25)4)16-15-22-12-7-6-11-21(22)3;2*1-2/h5,8,15-16,20,24-25H,3,6-7,9-14,17-19H2,1-2,4H3;2*1-2H3/b8-5+,22-15-,23-16+;;. The van der Waals surface area contributed by atoms with E-state index in [-0.39, 0.29) is 0 Å². The van der Waals surface area contributed by atoms with Crippen LogP contribution in [0.25, 0.3) is 0 Å². The summed E-state index contributed by atoms with van der Waals surface area (Å²) in [6.07, 6.45) is 24.5. The first-order chi connectivity index (χ1) is 14.5. The zero-order valence-electron chi connectivity index (χ0n) is 21.5. The van der Waals surface area contributed by atoms with Crippen molar-refractivity contribution in [1.29, 1.82) is 0 Å². The molecule has 0 aromatic heterocycles. The molecule has 3 fully saturated rings. The molecule has 3 aliphatic rings. The van der Waals surface area contributed by atoms with Gasteiger partial charge in [0.15, 0.2) is 0 Å². The lowest BCUT2D eigenvalue weighted by Crippen LogP contribution is -2.33. The molecule has 0 N–H and O–H groups in total. The van der Waals surface area contributed by atoms with E-state index in [1.54, 1.807) is 5.57 Å². The van der Waals surface area contributed by atoms with E-state index in [1.165, 1.54) is 81.8 Å². The largest absolute Gasteiger partial charge is 0.0956 e. The van der Waals surface area contributed by atoms with Crippen molar-refractivity contribution < 1.29 is 0 Å². The summed E-state index contributed by atoms with van der Waals surface area (Å²) in [5.74, 6) is 2.50. The van der Waals surface area contributed by atoms with E-state index >= 15 is 0 Å². The minimum absolute atomic E-state index is 0.536. The lowest BCUT2D eigenvalue weighted by atomic mass is 9.63. The van der Waals surface area contributed by atoms with Crippen molar-refractivity contribution in [2.75, 3.05) is 0 Å². The van der Waals surface area contributed by atoms with Gasteiger partial charge in [-0.05, 0) is 99.4 Å². The summed E-state index contributed by atoms with van der Waals surface area (Å²) in [5.41, 5.74) is 5.21. The molecule has 3 atom stereocenters. The monoisotopic (exact) mass is 412 g/mol. The number of hydrogen-bond acceptors (Lipinski definition) is 0. The van der Waals surface area contributed by atoms with Gasteiger partial charge in [0, 0.05) is 0 Å². The lowest BCUT2D eigenvalue weighted by Gasteiger charge is -2.42. The predicted molar refractivity (Wildman–Crippen MR) is 138 cm³/mol. The number of rotatable bonds is 5. The van der Waals surface area contributed by atoms with Gasteiger partial charge in [-0.2, -0.15) is 0 Å². The highest BCUT2D eigenvalue weighted by Crippen LogP contribution is 2.58. The van der Waals surface area contributed by atoms with Gasteiger partial charge in [0.1, 0.15) is 0 Å². The molecule has 30 heavy (non-hydrogen) atoms. The molecule has 0 nitrogen and oxygen atoms in total. The smallest absolute Gasteiger partial charge is 0.0143 e. The first-order valence-corrected chi connectivity index (χ1v) is 13.2. The van der Waals surface area contributed by atoms with Gasteiger partial charge in [-0.3, -0.25) is 0 Å². The van der Waals surface area contributed by atoms with Crippen molar-refractivity contribution in [2.45, 2.75) is 119 Å². The Labute approximate surface area is 190 Å². The predicted octanol–water partition coefficient (Wildman–Crippen LogP) is 10.2. The molecule has 0 heterocycles. The molecule has 0 saturated heterocycles. The molecule has 0 bridgehead atoms. The number of hydrogen-bond donors (Lipinski definition) is 0. The summed E-state index contributed by atoms with van der Waals surface area (Å²) in [7, 11) is 0. The normalized spacial score (nSPS) is 31.4. The number of allylic oxidation sites excluding steroid dienone is 7. The van der Waals surface area contributed by atoms with Crippen LogP contribution in [0.2, 0.25) is 0 Å². The summed E-state index contributed by atoms with van der Waals surface area (Å²) in [4.78, 5) is 0. The van der Waals surface area contributed by atoms with Crippen LogP contribution in [0.1, 0.15) is 119 Å². The summed E-state index contributed by atoms with van der Waals surface area (Å²) in [6, 6.07) is 0. The van der Waals surface area contributed by atoms with Gasteiger partial charge in [-0.25, -0.2) is 0 Å². The first kappa shape index (κ1) is 27.0. The molecule has 0 aromatic rings. The SMILES string of the molecule is C=C1CCCC/C1=C/C=C1\CCCC2(C)C(C/C=C/CC(C)C)CCC12.CC.CC. The van der Waals surface area contributed by atoms with E-state index in [0.29, 0.717) is 5.41 Å². The van der Waals surface area contributed by atoms with Crippen molar-refractivity contribution in [3.05, 3.63) is 47.6 Å². The Morgan fingerprint density at radius 3 is 2.30 bits per heavy atom. The zero-order valence-corrected chi connectivity index (χ0v) is 21.5. The van der Waals surface area contributed by atoms with E-state index in [4.69, 9.17) is 0 Å². The second-order valence-corrected chi connectivity index (χ2v) is 9.77. The summed E-state index contributed by atoms with van der Waals surface area (Å²) >= 11 is 0. The van der Waals surface area contributed by atoms with Gasteiger partial charge in [-0.15, -0.1) is 0 Å². The van der Waals surface area contributed by atoms with Crippen LogP contribution < -0.4 is 0 Å². The zero-order chi connectivity index (χ0) is 22.6. The molecule has 3 aliphatic carbocycles. The van der Waals surface area contributed by atoms with Crippen molar-refractivity contribution in [2.24, 2.45) is 23.2 Å². The molecule has 172 valence electrons. The second kappa shape index (κ2) is 14.1. The average molecular weight is 413 g/mol. The fourth-order valence-electron chi connectivity index (χ4n) is 5.76. The second-order valence-electron chi connectivity index (χ2n) is 9.77. The minimum Gasteiger partial charge on any atom is -0.0956 e. The van der Waals surface area contributed by atoms with Crippen LogP contribution in [0, 0.1) is 23.2 Å². The van der Waals surface area contributed by atoms with Crippen LogP contribution in [0.5, 0.6) is 0 Å². The highest BCUT2D eigenvalue weighted by molar-refractivity contribution is 5.35. The third kappa shape index (κ3) is 7.28. The van der Waals surface area contributed by atoms with Crippen LogP contribution in [0.15, 0.2) is 47.6 Å². The maximum absolute atomic E-state index is 4.30. The minimum atomic E-state index is 0.536. The highest BCUT2D eigenvalue weighted by atomic mass is 14.5. The van der Waals surface area contributed by atoms with Crippen LogP contribution in [-0.2, 0) is 0 Å². The summed E-state index contributed by atoms with van der Waals surface area (Å²) in [5, 5.41) is 0. The third-order valence-corrected chi connectivity index (χ3v) is 7.48. The van der Waals surface area contributed by atoms with E-state index in [1.807, 2.05) is 27.7 Å². The summed E-state index contributed by atoms with van der Waals surface area (Å²) < 4.78 is 0. The third-order valence-electron chi connectivity index (χ3n) is 7.48. The molecule has 3 saturated carbocycles. The Morgan fingerprint density at radius 1 is 0.933 bits per heavy atom. The van der Waals surface area contributed by atoms with Crippen LogP contribution in [0.3, 0.4) is 0 Å². The van der Waals surface area contributed by atoms with Crippen LogP contribution in [-0.4, -0.2) is 0 Å². The Morgan fingerprint density at radius 2 is 1.63 bits per heavy atom. The molecule has 0 radical (unpaired) electrons. The van der Waals surface area contributed by atoms with Crippen molar-refractivity contribution in [1.82, 2.24) is 0 Å². The quantitative estimate of drug-likeness (QED) is 0.394. The van der Waals surface area contributed by atoms with Gasteiger partial charge in [0.2, 0.25) is 0 Å². The number of fused-ring (bicyclic) bond motifs is 1. The molecular formula is C30H52. The fraction of sp³-hybridized carbons (Fsp3) is 0.733. The van der Waals surface area contributed by atoms with Gasteiger partial charge in [-0.1, -0.05) is 90.5 Å². The van der Waals surface area contributed by atoms with Gasteiger partial charge in [0.05, 0.1) is 0 Å². The topological polar surface area (TPSA) is 0 Å². The van der Waals surface area contributed by atoms with E-state index in [2.05, 4.69) is 51.7 Å². The summed E-state index contributed by atoms with van der Waals surface area (Å²) in [6.45, 7) is 19.5. The molecule has 0 aliphatic heterocycles. The van der Waals surface area contributed by atoms with E-state index < -0.39 is 0 Å². The Hall–Kier alpha value is -1.04. The first-order valence-electron chi connectivity index (χ1n) is 13.2. The van der Waals surface area contributed by atoms with Crippen molar-refractivity contribution in [3.63, 3.8) is 0 Å². The van der Waals surface area contributed by atoms with Gasteiger partial charge < -0.3 is 0 Å². The lowest BCUT2D eigenvalue weighted by molar-refractivity contribution is 0.137. The van der Waals surface area contributed by atoms with Gasteiger partial charge >= 0.3 is 0 Å².